The lowest BCUT2D eigenvalue weighted by molar-refractivity contribution is 0.952. The summed E-state index contributed by atoms with van der Waals surface area (Å²) in [5.41, 5.74) is 0.778. The molecule has 0 fully saturated rings. The quantitative estimate of drug-likeness (QED) is 0.508. The molecule has 11 heavy (non-hydrogen) atoms. The molecule has 2 heterocycles. The smallest absolute Gasteiger partial charge is 0.220 e. The first-order valence-electron chi connectivity index (χ1n) is 3.18. The van der Waals surface area contributed by atoms with Gasteiger partial charge in [0.2, 0.25) is 5.82 Å². The van der Waals surface area contributed by atoms with Gasteiger partial charge in [0, 0.05) is 6.20 Å². The van der Waals surface area contributed by atoms with Crippen molar-refractivity contribution in [2.24, 2.45) is 0 Å². The van der Waals surface area contributed by atoms with Crippen LogP contribution in [0.2, 0.25) is 0 Å². The summed E-state index contributed by atoms with van der Waals surface area (Å²) < 4.78 is 1.65. The number of terminal acetylenes is 1. The molecule has 0 radical (unpaired) electrons. The summed E-state index contributed by atoms with van der Waals surface area (Å²) >= 11 is 0. The first kappa shape index (κ1) is 5.93. The summed E-state index contributed by atoms with van der Waals surface area (Å²) in [5.74, 6) is 2.80. The van der Waals surface area contributed by atoms with E-state index in [0.717, 1.165) is 5.65 Å². The molecule has 0 saturated heterocycles. The van der Waals surface area contributed by atoms with Crippen molar-refractivity contribution in [1.82, 2.24) is 14.6 Å². The molecule has 2 rings (SSSR count). The van der Waals surface area contributed by atoms with E-state index in [9.17, 15) is 0 Å². The van der Waals surface area contributed by atoms with Gasteiger partial charge >= 0.3 is 0 Å². The number of nitrogens with zero attached hydrogens (tertiary/aromatic N) is 3. The van der Waals surface area contributed by atoms with Gasteiger partial charge in [0.25, 0.3) is 0 Å². The number of rotatable bonds is 0. The molecule has 0 aliphatic heterocycles. The van der Waals surface area contributed by atoms with Crippen LogP contribution >= 0.6 is 0 Å². The SMILES string of the molecule is C#Cc1nc2ccccn2n1. The highest BCUT2D eigenvalue weighted by molar-refractivity contribution is 5.38. The Hall–Kier alpha value is -1.82. The van der Waals surface area contributed by atoms with E-state index in [1.54, 1.807) is 4.52 Å². The fourth-order valence-corrected chi connectivity index (χ4v) is 0.893. The molecule has 3 heteroatoms. The molecule has 0 N–H and O–H groups in total. The molecule has 3 nitrogen and oxygen atoms in total. The van der Waals surface area contributed by atoms with Crippen LogP contribution in [0.3, 0.4) is 0 Å². The minimum atomic E-state index is 0.427. The van der Waals surface area contributed by atoms with E-state index >= 15 is 0 Å². The highest BCUT2D eigenvalue weighted by Crippen LogP contribution is 1.97. The van der Waals surface area contributed by atoms with Crippen LogP contribution in [0.5, 0.6) is 0 Å². The zero-order valence-electron chi connectivity index (χ0n) is 5.73. The molecule has 0 aliphatic carbocycles. The third-order valence-corrected chi connectivity index (χ3v) is 1.37. The molecule has 0 atom stereocenters. The van der Waals surface area contributed by atoms with Gasteiger partial charge in [0.05, 0.1) is 0 Å². The van der Waals surface area contributed by atoms with E-state index in [1.807, 2.05) is 24.4 Å². The van der Waals surface area contributed by atoms with E-state index in [1.165, 1.54) is 0 Å². The van der Waals surface area contributed by atoms with Gasteiger partial charge in [-0.25, -0.2) is 4.52 Å². The minimum Gasteiger partial charge on any atom is -0.220 e. The second kappa shape index (κ2) is 2.10. The lowest BCUT2D eigenvalue weighted by Gasteiger charge is -1.84. The number of aromatic nitrogens is 3. The Kier molecular flexibility index (Phi) is 1.13. The van der Waals surface area contributed by atoms with Crippen molar-refractivity contribution in [3.05, 3.63) is 30.2 Å². The fraction of sp³-hybridized carbons (Fsp3) is 0. The summed E-state index contributed by atoms with van der Waals surface area (Å²) in [6.07, 6.45) is 6.93. The molecule has 0 unspecified atom stereocenters. The molecule has 0 spiro atoms. The molecule has 52 valence electrons. The van der Waals surface area contributed by atoms with E-state index in [0.29, 0.717) is 5.82 Å². The Morgan fingerprint density at radius 2 is 2.36 bits per heavy atom. The summed E-state index contributed by atoms with van der Waals surface area (Å²) in [5, 5.41) is 4.00. The summed E-state index contributed by atoms with van der Waals surface area (Å²) in [6, 6.07) is 5.63. The number of pyridine rings is 1. The van der Waals surface area contributed by atoms with Crippen molar-refractivity contribution in [2.45, 2.75) is 0 Å². The monoisotopic (exact) mass is 143 g/mol. The average molecular weight is 143 g/mol. The highest BCUT2D eigenvalue weighted by atomic mass is 15.3. The third kappa shape index (κ3) is 0.849. The van der Waals surface area contributed by atoms with Crippen LogP contribution < -0.4 is 0 Å². The molecule has 2 aromatic heterocycles. The van der Waals surface area contributed by atoms with Crippen LogP contribution in [0.4, 0.5) is 0 Å². The van der Waals surface area contributed by atoms with Crippen molar-refractivity contribution in [3.63, 3.8) is 0 Å². The van der Waals surface area contributed by atoms with Gasteiger partial charge in [-0.05, 0) is 18.1 Å². The number of fused-ring (bicyclic) bond motifs is 1. The van der Waals surface area contributed by atoms with Crippen LogP contribution in [-0.4, -0.2) is 14.6 Å². The second-order valence-electron chi connectivity index (χ2n) is 2.08. The Balaban J connectivity index is 2.81. The average Bonchev–Trinajstić information content (AvgIpc) is 2.46. The molecular weight excluding hydrogens is 138 g/mol. The van der Waals surface area contributed by atoms with Gasteiger partial charge in [-0.3, -0.25) is 0 Å². The van der Waals surface area contributed by atoms with Crippen molar-refractivity contribution < 1.29 is 0 Å². The van der Waals surface area contributed by atoms with Crippen LogP contribution in [0.25, 0.3) is 5.65 Å². The predicted molar refractivity (Wildman–Crippen MR) is 40.9 cm³/mol. The molecule has 0 aromatic carbocycles. The zero-order chi connectivity index (χ0) is 7.68. The maximum absolute atomic E-state index is 5.13. The zero-order valence-corrected chi connectivity index (χ0v) is 5.73. The lowest BCUT2D eigenvalue weighted by Crippen LogP contribution is -1.83. The first-order valence-corrected chi connectivity index (χ1v) is 3.18. The van der Waals surface area contributed by atoms with Crippen molar-refractivity contribution in [2.75, 3.05) is 0 Å². The van der Waals surface area contributed by atoms with Gasteiger partial charge in [-0.15, -0.1) is 11.5 Å². The predicted octanol–water partition coefficient (Wildman–Crippen LogP) is 0.711. The van der Waals surface area contributed by atoms with Gasteiger partial charge in [0.15, 0.2) is 5.65 Å². The van der Waals surface area contributed by atoms with Crippen LogP contribution in [0.1, 0.15) is 5.82 Å². The largest absolute Gasteiger partial charge is 0.226 e. The van der Waals surface area contributed by atoms with E-state index < -0.39 is 0 Å². The minimum absolute atomic E-state index is 0.427. The Morgan fingerprint density at radius 1 is 1.45 bits per heavy atom. The van der Waals surface area contributed by atoms with E-state index in [2.05, 4.69) is 16.0 Å². The topological polar surface area (TPSA) is 30.2 Å². The maximum atomic E-state index is 5.13. The van der Waals surface area contributed by atoms with E-state index in [-0.39, 0.29) is 0 Å². The number of hydrogen-bond donors (Lipinski definition) is 0. The van der Waals surface area contributed by atoms with Crippen LogP contribution in [0.15, 0.2) is 24.4 Å². The Morgan fingerprint density at radius 3 is 3.09 bits per heavy atom. The Labute approximate surface area is 63.7 Å². The van der Waals surface area contributed by atoms with E-state index in [4.69, 9.17) is 6.42 Å². The molecule has 0 aliphatic rings. The first-order chi connectivity index (χ1) is 5.40. The fourth-order valence-electron chi connectivity index (χ4n) is 0.893. The van der Waals surface area contributed by atoms with Crippen molar-refractivity contribution in [3.8, 4) is 12.3 Å². The number of hydrogen-bond acceptors (Lipinski definition) is 2. The third-order valence-electron chi connectivity index (χ3n) is 1.37. The van der Waals surface area contributed by atoms with Gasteiger partial charge in [0.1, 0.15) is 0 Å². The highest BCUT2D eigenvalue weighted by Gasteiger charge is 1.96. The molecular formula is C8H5N3. The normalized spacial score (nSPS) is 9.73. The lowest BCUT2D eigenvalue weighted by atomic mass is 10.5. The van der Waals surface area contributed by atoms with Gasteiger partial charge in [-0.2, -0.15) is 4.98 Å². The van der Waals surface area contributed by atoms with Crippen molar-refractivity contribution >= 4 is 5.65 Å². The van der Waals surface area contributed by atoms with Crippen LogP contribution in [-0.2, 0) is 0 Å². The molecule has 0 bridgehead atoms. The summed E-state index contributed by atoms with van der Waals surface area (Å²) in [6.45, 7) is 0. The summed E-state index contributed by atoms with van der Waals surface area (Å²) in [7, 11) is 0. The molecule has 0 amide bonds. The Bertz CT molecular complexity index is 389. The maximum Gasteiger partial charge on any atom is 0.226 e. The molecule has 2 aromatic rings. The van der Waals surface area contributed by atoms with Crippen LogP contribution in [0, 0.1) is 12.3 Å². The second-order valence-corrected chi connectivity index (χ2v) is 2.08. The van der Waals surface area contributed by atoms with Crippen molar-refractivity contribution in [1.29, 1.82) is 0 Å². The van der Waals surface area contributed by atoms with Gasteiger partial charge in [-0.1, -0.05) is 6.07 Å². The standard InChI is InChI=1S/C8H5N3/c1-2-7-9-8-5-3-4-6-11(8)10-7/h1,3-6H. The van der Waals surface area contributed by atoms with Gasteiger partial charge < -0.3 is 0 Å². The molecule has 0 saturated carbocycles. The summed E-state index contributed by atoms with van der Waals surface area (Å²) in [4.78, 5) is 4.05.